The van der Waals surface area contributed by atoms with Crippen LogP contribution in [0.5, 0.6) is 0 Å². The van der Waals surface area contributed by atoms with E-state index in [9.17, 15) is 24.3 Å². The molecular formula is C48H63N5O9. The Morgan fingerprint density at radius 3 is 2.26 bits per heavy atom. The van der Waals surface area contributed by atoms with Gasteiger partial charge >= 0.3 is 12.2 Å². The minimum Gasteiger partial charge on any atom is -0.445 e. The zero-order valence-corrected chi connectivity index (χ0v) is 36.3. The number of aromatic nitrogens is 1. The van der Waals surface area contributed by atoms with Crippen LogP contribution in [0.15, 0.2) is 89.3 Å². The molecule has 1 aromatic heterocycles. The van der Waals surface area contributed by atoms with Crippen molar-refractivity contribution in [1.29, 1.82) is 0 Å². The zero-order valence-electron chi connectivity index (χ0n) is 36.3. The Hall–Kier alpha value is -5.47. The van der Waals surface area contributed by atoms with Gasteiger partial charge in [-0.15, -0.1) is 0 Å². The molecule has 4 aromatic rings. The minimum atomic E-state index is -1.33. The average Bonchev–Trinajstić information content (AvgIpc) is 3.91. The SMILES string of the molecule is CC(C)(C)OC(=O)NCCCC[C@H](NC(=O)[C@@H]1C[C@@H](OCC2CCCCC2)CN1C(=O)[C@@H](CCc1ccccc1)NC(=O)OCc1ccccc1)C(O)c1nc2ccccc2o1. The van der Waals surface area contributed by atoms with Gasteiger partial charge in [0.25, 0.3) is 0 Å². The van der Waals surface area contributed by atoms with E-state index in [2.05, 4.69) is 20.9 Å². The highest BCUT2D eigenvalue weighted by Crippen LogP contribution is 2.29. The summed E-state index contributed by atoms with van der Waals surface area (Å²) in [7, 11) is 0. The molecule has 0 bridgehead atoms. The van der Waals surface area contributed by atoms with Crippen LogP contribution in [-0.2, 0) is 36.8 Å². The number of oxazole rings is 1. The van der Waals surface area contributed by atoms with E-state index in [-0.39, 0.29) is 31.9 Å². The van der Waals surface area contributed by atoms with Crippen LogP contribution in [-0.4, -0.2) is 88.5 Å². The Labute approximate surface area is 364 Å². The van der Waals surface area contributed by atoms with Gasteiger partial charge in [0.15, 0.2) is 11.7 Å². The molecule has 14 nitrogen and oxygen atoms in total. The fourth-order valence-corrected chi connectivity index (χ4v) is 8.13. The third kappa shape index (κ3) is 14.0. The number of hydrogen-bond donors (Lipinski definition) is 4. The lowest BCUT2D eigenvalue weighted by Crippen LogP contribution is -2.55. The molecule has 1 aliphatic carbocycles. The zero-order chi connectivity index (χ0) is 43.9. The average molecular weight is 854 g/mol. The molecule has 4 N–H and O–H groups in total. The number of likely N-dealkylation sites (tertiary alicyclic amines) is 1. The number of ether oxygens (including phenoxy) is 3. The molecule has 0 radical (unpaired) electrons. The van der Waals surface area contributed by atoms with Crippen molar-refractivity contribution >= 4 is 35.1 Å². The van der Waals surface area contributed by atoms with Crippen molar-refractivity contribution in [3.8, 4) is 0 Å². The van der Waals surface area contributed by atoms with E-state index in [1.165, 1.54) is 11.3 Å². The number of carbonyl (C=O) groups is 4. The lowest BCUT2D eigenvalue weighted by molar-refractivity contribution is -0.140. The molecule has 3 aromatic carbocycles. The van der Waals surface area contributed by atoms with E-state index >= 15 is 0 Å². The number of hydrogen-bond acceptors (Lipinski definition) is 10. The maximum Gasteiger partial charge on any atom is 0.408 e. The van der Waals surface area contributed by atoms with Gasteiger partial charge < -0.3 is 44.6 Å². The summed E-state index contributed by atoms with van der Waals surface area (Å²) in [6, 6.07) is 23.3. The van der Waals surface area contributed by atoms with E-state index in [0.717, 1.165) is 36.8 Å². The predicted octanol–water partition coefficient (Wildman–Crippen LogP) is 7.54. The summed E-state index contributed by atoms with van der Waals surface area (Å²) in [4.78, 5) is 61.0. The molecule has 5 atom stereocenters. The molecule has 1 saturated carbocycles. The van der Waals surface area contributed by atoms with Crippen molar-refractivity contribution in [2.75, 3.05) is 19.7 Å². The van der Waals surface area contributed by atoms with Crippen LogP contribution < -0.4 is 16.0 Å². The maximum absolute atomic E-state index is 14.8. The molecular weight excluding hydrogens is 791 g/mol. The molecule has 1 unspecified atom stereocenters. The minimum absolute atomic E-state index is 0.0267. The smallest absolute Gasteiger partial charge is 0.408 e. The molecule has 62 heavy (non-hydrogen) atoms. The number of amides is 4. The molecule has 2 heterocycles. The van der Waals surface area contributed by atoms with Crippen LogP contribution in [0.25, 0.3) is 11.1 Å². The van der Waals surface area contributed by atoms with Crippen molar-refractivity contribution in [1.82, 2.24) is 25.8 Å². The number of carbonyl (C=O) groups excluding carboxylic acids is 4. The normalized spacial score (nSPS) is 18.4. The summed E-state index contributed by atoms with van der Waals surface area (Å²) in [6.07, 6.45) is 5.01. The Bertz CT molecular complexity index is 2000. The summed E-state index contributed by atoms with van der Waals surface area (Å²) in [6.45, 7) is 6.42. The predicted molar refractivity (Wildman–Crippen MR) is 234 cm³/mol. The molecule has 2 aliphatic rings. The van der Waals surface area contributed by atoms with E-state index in [4.69, 9.17) is 18.6 Å². The number of para-hydroxylation sites is 2. The van der Waals surface area contributed by atoms with Crippen LogP contribution in [0.3, 0.4) is 0 Å². The lowest BCUT2D eigenvalue weighted by Gasteiger charge is -2.30. The van der Waals surface area contributed by atoms with Crippen molar-refractivity contribution in [3.63, 3.8) is 0 Å². The van der Waals surface area contributed by atoms with Crippen LogP contribution >= 0.6 is 0 Å². The molecule has 334 valence electrons. The van der Waals surface area contributed by atoms with E-state index in [1.54, 1.807) is 32.9 Å². The fourth-order valence-electron chi connectivity index (χ4n) is 8.13. The highest BCUT2D eigenvalue weighted by molar-refractivity contribution is 5.92. The standard InChI is InChI=1S/C48H63N5O9/c1-48(2,3)62-46(57)49-28-16-15-24-38(42(54)44-51-37-23-13-14-25-41(37)61-44)50-43(55)40-29-36(59-31-34-19-9-5-10-20-34)30-53(40)45(56)39(27-26-33-17-7-4-8-18-33)52-47(58)60-32-35-21-11-6-12-22-35/h4,6-8,11-14,17-18,21-23,25,34,36,38-40,42,54H,5,9-10,15-16,19-20,24,26-32H2,1-3H3,(H,49,57)(H,50,55)(H,52,58)/t36-,38+,39-,40+,42?/m1/s1. The Balaban J connectivity index is 1.20. The number of fused-ring (bicyclic) bond motifs is 1. The van der Waals surface area contributed by atoms with Crippen LogP contribution in [0.4, 0.5) is 9.59 Å². The molecule has 6 rings (SSSR count). The van der Waals surface area contributed by atoms with Crippen LogP contribution in [0, 0.1) is 5.92 Å². The van der Waals surface area contributed by atoms with Crippen LogP contribution in [0.1, 0.15) is 108 Å². The summed E-state index contributed by atoms with van der Waals surface area (Å²) < 4.78 is 23.3. The van der Waals surface area contributed by atoms with Gasteiger partial charge in [0.2, 0.25) is 17.7 Å². The van der Waals surface area contributed by atoms with E-state index < -0.39 is 59.9 Å². The molecule has 4 amide bonds. The van der Waals surface area contributed by atoms with Crippen molar-refractivity contribution in [2.45, 2.75) is 134 Å². The molecule has 2 fully saturated rings. The number of aliphatic hydroxyl groups is 1. The van der Waals surface area contributed by atoms with Crippen LogP contribution in [0.2, 0.25) is 0 Å². The Kier molecular flexibility index (Phi) is 16.8. The Morgan fingerprint density at radius 2 is 1.55 bits per heavy atom. The van der Waals surface area contributed by atoms with Gasteiger partial charge in [-0.2, -0.15) is 0 Å². The first-order chi connectivity index (χ1) is 29.9. The second-order valence-corrected chi connectivity index (χ2v) is 17.5. The largest absolute Gasteiger partial charge is 0.445 e. The number of benzene rings is 3. The number of aliphatic hydroxyl groups excluding tert-OH is 1. The van der Waals surface area contributed by atoms with Crippen molar-refractivity contribution in [3.05, 3.63) is 102 Å². The number of alkyl carbamates (subject to hydrolysis) is 2. The van der Waals surface area contributed by atoms with Crippen molar-refractivity contribution in [2.24, 2.45) is 5.92 Å². The molecule has 0 spiro atoms. The summed E-state index contributed by atoms with van der Waals surface area (Å²) in [5.41, 5.74) is 2.22. The number of unbranched alkanes of at least 4 members (excludes halogenated alkanes) is 1. The highest BCUT2D eigenvalue weighted by atomic mass is 16.6. The van der Waals surface area contributed by atoms with Gasteiger partial charge in [0.05, 0.1) is 12.1 Å². The van der Waals surface area contributed by atoms with E-state index in [1.807, 2.05) is 72.8 Å². The third-order valence-electron chi connectivity index (χ3n) is 11.4. The van der Waals surface area contributed by atoms with Gasteiger partial charge in [0.1, 0.15) is 29.8 Å². The quantitative estimate of drug-likeness (QED) is 0.0689. The summed E-state index contributed by atoms with van der Waals surface area (Å²) in [5, 5.41) is 20.4. The van der Waals surface area contributed by atoms with Gasteiger partial charge in [0, 0.05) is 26.1 Å². The van der Waals surface area contributed by atoms with Gasteiger partial charge in [-0.1, -0.05) is 92.1 Å². The second-order valence-electron chi connectivity index (χ2n) is 17.5. The monoisotopic (exact) mass is 853 g/mol. The molecule has 1 saturated heterocycles. The lowest BCUT2D eigenvalue weighted by atomic mass is 9.90. The maximum atomic E-state index is 14.8. The number of rotatable bonds is 19. The molecule has 1 aliphatic heterocycles. The van der Waals surface area contributed by atoms with Gasteiger partial charge in [-0.25, -0.2) is 14.6 Å². The first kappa shape index (κ1) is 46.0. The highest BCUT2D eigenvalue weighted by Gasteiger charge is 2.44. The number of nitrogens with one attached hydrogen (secondary N) is 3. The topological polar surface area (TPSA) is 182 Å². The fraction of sp³-hybridized carbons (Fsp3) is 0.521. The number of nitrogens with zero attached hydrogens (tertiary/aromatic N) is 2. The van der Waals surface area contributed by atoms with Gasteiger partial charge in [-0.3, -0.25) is 9.59 Å². The first-order valence-electron chi connectivity index (χ1n) is 22.2. The Morgan fingerprint density at radius 1 is 0.855 bits per heavy atom. The second kappa shape index (κ2) is 22.6. The van der Waals surface area contributed by atoms with Gasteiger partial charge in [-0.05, 0) is 94.9 Å². The third-order valence-corrected chi connectivity index (χ3v) is 11.4. The number of aryl methyl sites for hydroxylation is 1. The molecule has 14 heteroatoms. The van der Waals surface area contributed by atoms with Crippen molar-refractivity contribution < 1.29 is 42.9 Å². The summed E-state index contributed by atoms with van der Waals surface area (Å²) >= 11 is 0. The van der Waals surface area contributed by atoms with E-state index in [0.29, 0.717) is 55.9 Å². The first-order valence-corrected chi connectivity index (χ1v) is 22.2. The summed E-state index contributed by atoms with van der Waals surface area (Å²) in [5.74, 6) is -0.426.